The number of rotatable bonds is 9. The van der Waals surface area contributed by atoms with Crippen molar-refractivity contribution in [3.05, 3.63) is 60.3 Å². The number of fused-ring (bicyclic) bond motifs is 1. The highest BCUT2D eigenvalue weighted by Gasteiger charge is 2.08. The van der Waals surface area contributed by atoms with Gasteiger partial charge in [-0.25, -0.2) is 0 Å². The fraction of sp³-hybridized carbons (Fsp3) is 0.273. The van der Waals surface area contributed by atoms with Crippen LogP contribution in [0.25, 0.3) is 10.9 Å². The molecule has 1 aromatic heterocycles. The number of aromatic nitrogens is 1. The van der Waals surface area contributed by atoms with Crippen molar-refractivity contribution in [2.24, 2.45) is 0 Å². The molecule has 0 spiro atoms. The van der Waals surface area contributed by atoms with E-state index in [-0.39, 0.29) is 12.3 Å². The molecule has 3 rings (SSSR count). The van der Waals surface area contributed by atoms with Gasteiger partial charge in [0.25, 0.3) is 0 Å². The van der Waals surface area contributed by atoms with Crippen molar-refractivity contribution in [1.82, 2.24) is 10.3 Å². The fourth-order valence-electron chi connectivity index (χ4n) is 2.91. The maximum Gasteiger partial charge on any atom is 0.224 e. The van der Waals surface area contributed by atoms with E-state index in [0.29, 0.717) is 31.1 Å². The molecule has 0 aliphatic heterocycles. The summed E-state index contributed by atoms with van der Waals surface area (Å²) in [5, 5.41) is 3.96. The molecular formula is C22H24N2O4. The predicted octanol–water partition coefficient (Wildman–Crippen LogP) is 3.38. The van der Waals surface area contributed by atoms with Crippen LogP contribution >= 0.6 is 0 Å². The van der Waals surface area contributed by atoms with Crippen molar-refractivity contribution in [1.29, 1.82) is 0 Å². The molecule has 1 amide bonds. The average Bonchev–Trinajstić information content (AvgIpc) is 2.73. The number of hydrogen-bond acceptors (Lipinski definition) is 5. The molecule has 0 aliphatic rings. The van der Waals surface area contributed by atoms with Gasteiger partial charge in [0.15, 0.2) is 11.5 Å². The van der Waals surface area contributed by atoms with Crippen LogP contribution < -0.4 is 19.5 Å². The van der Waals surface area contributed by atoms with E-state index in [1.54, 1.807) is 26.5 Å². The number of methoxy groups -OCH3 is 2. The summed E-state index contributed by atoms with van der Waals surface area (Å²) in [6.45, 7) is 1.05. The van der Waals surface area contributed by atoms with Crippen LogP contribution in [-0.4, -0.2) is 38.3 Å². The molecule has 0 saturated carbocycles. The lowest BCUT2D eigenvalue weighted by Gasteiger charge is -2.11. The maximum atomic E-state index is 12.1. The average molecular weight is 380 g/mol. The SMILES string of the molecule is COc1ccc(CC(=O)NCCCOc2cccc3cccnc23)cc1OC. The number of hydrogen-bond donors (Lipinski definition) is 1. The second-order valence-corrected chi connectivity index (χ2v) is 6.25. The van der Waals surface area contributed by atoms with Crippen LogP contribution in [0.1, 0.15) is 12.0 Å². The standard InChI is InChI=1S/C22H24N2O4/c1-26-18-10-9-16(14-20(18)27-2)15-21(25)23-12-5-13-28-19-8-3-6-17-7-4-11-24-22(17)19/h3-4,6-11,14H,5,12-13,15H2,1-2H3,(H,23,25). The molecule has 0 radical (unpaired) electrons. The molecule has 0 atom stereocenters. The molecule has 3 aromatic rings. The number of para-hydroxylation sites is 1. The van der Waals surface area contributed by atoms with Gasteiger partial charge in [0.2, 0.25) is 5.91 Å². The lowest BCUT2D eigenvalue weighted by atomic mass is 10.1. The van der Waals surface area contributed by atoms with Gasteiger partial charge in [-0.1, -0.05) is 24.3 Å². The van der Waals surface area contributed by atoms with E-state index in [9.17, 15) is 4.79 Å². The number of nitrogens with zero attached hydrogens (tertiary/aromatic N) is 1. The van der Waals surface area contributed by atoms with E-state index in [1.165, 1.54) is 0 Å². The van der Waals surface area contributed by atoms with Gasteiger partial charge in [-0.3, -0.25) is 9.78 Å². The van der Waals surface area contributed by atoms with Crippen LogP contribution in [0.3, 0.4) is 0 Å². The van der Waals surface area contributed by atoms with Gasteiger partial charge in [-0.2, -0.15) is 0 Å². The third-order valence-electron chi connectivity index (χ3n) is 4.31. The minimum absolute atomic E-state index is 0.0425. The second kappa shape index (κ2) is 9.60. The normalized spacial score (nSPS) is 10.5. The van der Waals surface area contributed by atoms with Crippen molar-refractivity contribution in [2.75, 3.05) is 27.4 Å². The molecule has 0 unspecified atom stereocenters. The summed E-state index contributed by atoms with van der Waals surface area (Å²) in [6, 6.07) is 15.2. The summed E-state index contributed by atoms with van der Waals surface area (Å²) in [4.78, 5) is 16.5. The zero-order valence-corrected chi connectivity index (χ0v) is 16.1. The highest BCUT2D eigenvalue weighted by atomic mass is 16.5. The Kier molecular flexibility index (Phi) is 6.68. The fourth-order valence-corrected chi connectivity index (χ4v) is 2.91. The number of carbonyl (C=O) groups excluding carboxylic acids is 1. The molecule has 6 nitrogen and oxygen atoms in total. The van der Waals surface area contributed by atoms with Gasteiger partial charge in [-0.15, -0.1) is 0 Å². The third kappa shape index (κ3) is 4.91. The van der Waals surface area contributed by atoms with Gasteiger partial charge in [0.05, 0.1) is 27.2 Å². The zero-order chi connectivity index (χ0) is 19.8. The van der Waals surface area contributed by atoms with E-state index < -0.39 is 0 Å². The molecule has 0 fully saturated rings. The Balaban J connectivity index is 1.43. The lowest BCUT2D eigenvalue weighted by Crippen LogP contribution is -2.27. The Morgan fingerprint density at radius 3 is 2.64 bits per heavy atom. The largest absolute Gasteiger partial charge is 0.493 e. The highest BCUT2D eigenvalue weighted by molar-refractivity contribution is 5.84. The Morgan fingerprint density at radius 1 is 1.00 bits per heavy atom. The van der Waals surface area contributed by atoms with Crippen LogP contribution in [0.2, 0.25) is 0 Å². The summed E-state index contributed by atoms with van der Waals surface area (Å²) in [5.74, 6) is 1.98. The number of pyridine rings is 1. The highest BCUT2D eigenvalue weighted by Crippen LogP contribution is 2.27. The van der Waals surface area contributed by atoms with Gasteiger partial charge in [0.1, 0.15) is 11.3 Å². The molecule has 28 heavy (non-hydrogen) atoms. The van der Waals surface area contributed by atoms with Gasteiger partial charge >= 0.3 is 0 Å². The van der Waals surface area contributed by atoms with E-state index >= 15 is 0 Å². The van der Waals surface area contributed by atoms with Gasteiger partial charge in [0, 0.05) is 18.1 Å². The Labute approximate surface area is 164 Å². The summed E-state index contributed by atoms with van der Waals surface area (Å²) in [6.07, 6.45) is 2.75. The molecule has 1 heterocycles. The van der Waals surface area contributed by atoms with E-state index in [1.807, 2.05) is 42.5 Å². The minimum atomic E-state index is -0.0425. The zero-order valence-electron chi connectivity index (χ0n) is 16.1. The first kappa shape index (κ1) is 19.5. The van der Waals surface area contributed by atoms with Gasteiger partial charge in [-0.05, 0) is 36.2 Å². The molecule has 0 bridgehead atoms. The van der Waals surface area contributed by atoms with Crippen molar-refractivity contribution >= 4 is 16.8 Å². The first-order valence-corrected chi connectivity index (χ1v) is 9.15. The van der Waals surface area contributed by atoms with Crippen LogP contribution in [-0.2, 0) is 11.2 Å². The van der Waals surface area contributed by atoms with E-state index in [2.05, 4.69) is 10.3 Å². The van der Waals surface area contributed by atoms with Crippen LogP contribution in [0.15, 0.2) is 54.7 Å². The molecule has 6 heteroatoms. The smallest absolute Gasteiger partial charge is 0.224 e. The van der Waals surface area contributed by atoms with E-state index in [4.69, 9.17) is 14.2 Å². The number of benzene rings is 2. The Bertz CT molecular complexity index is 937. The van der Waals surface area contributed by atoms with Crippen molar-refractivity contribution in [3.63, 3.8) is 0 Å². The van der Waals surface area contributed by atoms with Crippen molar-refractivity contribution in [3.8, 4) is 17.2 Å². The number of amides is 1. The summed E-state index contributed by atoms with van der Waals surface area (Å²) in [7, 11) is 3.16. The monoisotopic (exact) mass is 380 g/mol. The predicted molar refractivity (Wildman–Crippen MR) is 108 cm³/mol. The third-order valence-corrected chi connectivity index (χ3v) is 4.31. The molecule has 2 aromatic carbocycles. The lowest BCUT2D eigenvalue weighted by molar-refractivity contribution is -0.120. The molecule has 1 N–H and O–H groups in total. The Morgan fingerprint density at radius 2 is 1.82 bits per heavy atom. The summed E-state index contributed by atoms with van der Waals surface area (Å²) >= 11 is 0. The molecule has 0 saturated heterocycles. The van der Waals surface area contributed by atoms with Gasteiger partial charge < -0.3 is 19.5 Å². The molecule has 0 aliphatic carbocycles. The van der Waals surface area contributed by atoms with Crippen molar-refractivity contribution < 1.29 is 19.0 Å². The maximum absolute atomic E-state index is 12.1. The number of carbonyl (C=O) groups is 1. The van der Waals surface area contributed by atoms with Crippen LogP contribution in [0.4, 0.5) is 0 Å². The quantitative estimate of drug-likeness (QED) is 0.577. The molecule has 146 valence electrons. The van der Waals surface area contributed by atoms with Crippen molar-refractivity contribution in [2.45, 2.75) is 12.8 Å². The minimum Gasteiger partial charge on any atom is -0.493 e. The second-order valence-electron chi connectivity index (χ2n) is 6.25. The number of nitrogens with one attached hydrogen (secondary N) is 1. The topological polar surface area (TPSA) is 69.7 Å². The first-order chi connectivity index (χ1) is 13.7. The summed E-state index contributed by atoms with van der Waals surface area (Å²) < 4.78 is 16.3. The number of ether oxygens (including phenoxy) is 3. The van der Waals surface area contributed by atoms with E-state index in [0.717, 1.165) is 22.2 Å². The Hall–Kier alpha value is -3.28. The summed E-state index contributed by atoms with van der Waals surface area (Å²) in [5.41, 5.74) is 1.72. The first-order valence-electron chi connectivity index (χ1n) is 9.15. The van der Waals surface area contributed by atoms with Crippen LogP contribution in [0, 0.1) is 0 Å². The van der Waals surface area contributed by atoms with Crippen LogP contribution in [0.5, 0.6) is 17.2 Å². The molecular weight excluding hydrogens is 356 g/mol.